The maximum Gasteiger partial charge on any atom is 0.0713 e. The SMILES string of the molecule is Clc1cnsc1. The number of hydrogen-bond donors (Lipinski definition) is 0. The van der Waals surface area contributed by atoms with E-state index in [0.717, 1.165) is 5.02 Å². The second-order valence-corrected chi connectivity index (χ2v) is 1.94. The van der Waals surface area contributed by atoms with Crippen molar-refractivity contribution in [2.45, 2.75) is 0 Å². The monoisotopic (exact) mass is 119 g/mol. The predicted octanol–water partition coefficient (Wildman–Crippen LogP) is 1.80. The molecule has 1 rings (SSSR count). The van der Waals surface area contributed by atoms with Crippen molar-refractivity contribution >= 4 is 23.1 Å². The summed E-state index contributed by atoms with van der Waals surface area (Å²) in [6.07, 6.45) is 1.62. The molecule has 1 heterocycles. The second kappa shape index (κ2) is 1.58. The lowest BCUT2D eigenvalue weighted by molar-refractivity contribution is 1.58. The lowest BCUT2D eigenvalue weighted by Gasteiger charge is -1.59. The van der Waals surface area contributed by atoms with E-state index in [1.54, 1.807) is 11.6 Å². The van der Waals surface area contributed by atoms with Crippen LogP contribution in [0.25, 0.3) is 0 Å². The Morgan fingerprint density at radius 3 is 2.83 bits per heavy atom. The van der Waals surface area contributed by atoms with Crippen LogP contribution >= 0.6 is 23.1 Å². The molecule has 1 aromatic heterocycles. The standard InChI is InChI=1S/C3H2ClNS/c4-3-1-5-6-2-3/h1-2H. The molecule has 0 N–H and O–H groups in total. The Hall–Kier alpha value is -0.0800. The molecule has 6 heavy (non-hydrogen) atoms. The van der Waals surface area contributed by atoms with Gasteiger partial charge >= 0.3 is 0 Å². The zero-order valence-electron chi connectivity index (χ0n) is 2.89. The molecule has 3 heteroatoms. The number of halogens is 1. The van der Waals surface area contributed by atoms with Crippen LogP contribution in [0.4, 0.5) is 0 Å². The topological polar surface area (TPSA) is 12.9 Å². The van der Waals surface area contributed by atoms with E-state index in [-0.39, 0.29) is 0 Å². The summed E-state index contributed by atoms with van der Waals surface area (Å²) in [7, 11) is 0. The zero-order valence-corrected chi connectivity index (χ0v) is 4.46. The molecular formula is C3H2ClNS. The van der Waals surface area contributed by atoms with E-state index in [0.29, 0.717) is 0 Å². The van der Waals surface area contributed by atoms with Crippen LogP contribution in [0.3, 0.4) is 0 Å². The van der Waals surface area contributed by atoms with Crippen LogP contribution in [0.2, 0.25) is 5.02 Å². The fraction of sp³-hybridized carbons (Fsp3) is 0. The van der Waals surface area contributed by atoms with Crippen molar-refractivity contribution in [3.05, 3.63) is 16.6 Å². The van der Waals surface area contributed by atoms with E-state index >= 15 is 0 Å². The van der Waals surface area contributed by atoms with Gasteiger partial charge < -0.3 is 0 Å². The summed E-state index contributed by atoms with van der Waals surface area (Å²) < 4.78 is 3.73. The molecule has 0 aliphatic heterocycles. The average Bonchev–Trinajstić information content (AvgIpc) is 1.86. The number of rotatable bonds is 0. The Morgan fingerprint density at radius 2 is 2.67 bits per heavy atom. The average molecular weight is 120 g/mol. The summed E-state index contributed by atoms with van der Waals surface area (Å²) in [4.78, 5) is 0. The van der Waals surface area contributed by atoms with E-state index in [4.69, 9.17) is 11.6 Å². The van der Waals surface area contributed by atoms with Gasteiger partial charge in [0.1, 0.15) is 0 Å². The van der Waals surface area contributed by atoms with Crippen molar-refractivity contribution in [1.82, 2.24) is 4.37 Å². The summed E-state index contributed by atoms with van der Waals surface area (Å²) in [6, 6.07) is 0. The lowest BCUT2D eigenvalue weighted by Crippen LogP contribution is -1.40. The third kappa shape index (κ3) is 0.698. The Morgan fingerprint density at radius 1 is 1.83 bits per heavy atom. The van der Waals surface area contributed by atoms with Gasteiger partial charge in [-0.05, 0) is 11.5 Å². The first-order valence-corrected chi connectivity index (χ1v) is 2.66. The summed E-state index contributed by atoms with van der Waals surface area (Å²) in [6.45, 7) is 0. The van der Waals surface area contributed by atoms with E-state index in [1.807, 2.05) is 0 Å². The predicted molar refractivity (Wildman–Crippen MR) is 27.1 cm³/mol. The van der Waals surface area contributed by atoms with Crippen LogP contribution in [-0.2, 0) is 0 Å². The highest BCUT2D eigenvalue weighted by atomic mass is 35.5. The minimum Gasteiger partial charge on any atom is -0.200 e. The van der Waals surface area contributed by atoms with Gasteiger partial charge in [0.05, 0.1) is 11.2 Å². The fourth-order valence-electron chi connectivity index (χ4n) is 0.192. The van der Waals surface area contributed by atoms with Crippen LogP contribution in [-0.4, -0.2) is 4.37 Å². The van der Waals surface area contributed by atoms with Crippen molar-refractivity contribution in [2.24, 2.45) is 0 Å². The molecule has 0 aliphatic carbocycles. The quantitative estimate of drug-likeness (QED) is 0.508. The Bertz CT molecular complexity index is 114. The summed E-state index contributed by atoms with van der Waals surface area (Å²) in [5.41, 5.74) is 0. The Balaban J connectivity index is 3.05. The Kier molecular flexibility index (Phi) is 1.08. The molecule has 0 fully saturated rings. The molecule has 0 saturated carbocycles. The number of nitrogens with zero attached hydrogens (tertiary/aromatic N) is 1. The van der Waals surface area contributed by atoms with Crippen molar-refractivity contribution in [3.8, 4) is 0 Å². The highest BCUT2D eigenvalue weighted by Gasteiger charge is 1.79. The summed E-state index contributed by atoms with van der Waals surface area (Å²) in [5, 5.41) is 2.50. The van der Waals surface area contributed by atoms with Gasteiger partial charge in [-0.25, -0.2) is 0 Å². The van der Waals surface area contributed by atoms with E-state index in [2.05, 4.69) is 4.37 Å². The molecule has 0 bridgehead atoms. The first-order chi connectivity index (χ1) is 2.89. The third-order valence-corrected chi connectivity index (χ3v) is 1.32. The van der Waals surface area contributed by atoms with Gasteiger partial charge in [-0.2, -0.15) is 4.37 Å². The van der Waals surface area contributed by atoms with E-state index in [1.165, 1.54) is 11.5 Å². The normalized spacial score (nSPS) is 8.83. The van der Waals surface area contributed by atoms with Gasteiger partial charge in [-0.1, -0.05) is 11.6 Å². The van der Waals surface area contributed by atoms with Crippen LogP contribution < -0.4 is 0 Å². The lowest BCUT2D eigenvalue weighted by atomic mass is 10.8. The Labute approximate surface area is 44.7 Å². The maximum absolute atomic E-state index is 5.40. The largest absolute Gasteiger partial charge is 0.200 e. The molecular weight excluding hydrogens is 118 g/mol. The van der Waals surface area contributed by atoms with Crippen LogP contribution in [0.1, 0.15) is 0 Å². The summed E-state index contributed by atoms with van der Waals surface area (Å²) >= 11 is 6.76. The first-order valence-electron chi connectivity index (χ1n) is 1.44. The molecule has 0 spiro atoms. The molecule has 32 valence electrons. The highest BCUT2D eigenvalue weighted by Crippen LogP contribution is 2.06. The van der Waals surface area contributed by atoms with Gasteiger partial charge in [-0.3, -0.25) is 0 Å². The molecule has 0 amide bonds. The molecule has 0 radical (unpaired) electrons. The van der Waals surface area contributed by atoms with Gasteiger partial charge in [0.15, 0.2) is 0 Å². The molecule has 1 aromatic rings. The number of aromatic nitrogens is 1. The molecule has 0 unspecified atom stereocenters. The highest BCUT2D eigenvalue weighted by molar-refractivity contribution is 7.04. The molecule has 0 aromatic carbocycles. The first kappa shape index (κ1) is 4.09. The van der Waals surface area contributed by atoms with Gasteiger partial charge in [0, 0.05) is 5.38 Å². The number of hydrogen-bond acceptors (Lipinski definition) is 2. The van der Waals surface area contributed by atoms with Gasteiger partial charge in [0.25, 0.3) is 0 Å². The smallest absolute Gasteiger partial charge is 0.0713 e. The van der Waals surface area contributed by atoms with Crippen LogP contribution in [0, 0.1) is 0 Å². The van der Waals surface area contributed by atoms with E-state index < -0.39 is 0 Å². The zero-order chi connectivity index (χ0) is 4.41. The van der Waals surface area contributed by atoms with Gasteiger partial charge in [-0.15, -0.1) is 0 Å². The van der Waals surface area contributed by atoms with Crippen LogP contribution in [0.5, 0.6) is 0 Å². The molecule has 1 nitrogen and oxygen atoms in total. The van der Waals surface area contributed by atoms with Crippen molar-refractivity contribution in [1.29, 1.82) is 0 Å². The molecule has 0 aliphatic rings. The fourth-order valence-corrected chi connectivity index (χ4v) is 0.815. The summed E-state index contributed by atoms with van der Waals surface area (Å²) in [5.74, 6) is 0. The minimum atomic E-state index is 0.722. The molecule has 0 atom stereocenters. The van der Waals surface area contributed by atoms with Crippen molar-refractivity contribution < 1.29 is 0 Å². The van der Waals surface area contributed by atoms with Crippen molar-refractivity contribution in [3.63, 3.8) is 0 Å². The maximum atomic E-state index is 5.40. The minimum absolute atomic E-state index is 0.722. The second-order valence-electron chi connectivity index (χ2n) is 0.843. The molecule has 0 saturated heterocycles. The van der Waals surface area contributed by atoms with E-state index in [9.17, 15) is 0 Å². The van der Waals surface area contributed by atoms with Gasteiger partial charge in [0.2, 0.25) is 0 Å². The van der Waals surface area contributed by atoms with Crippen molar-refractivity contribution in [2.75, 3.05) is 0 Å². The van der Waals surface area contributed by atoms with Crippen LogP contribution in [0.15, 0.2) is 11.6 Å². The third-order valence-electron chi connectivity index (χ3n) is 0.402.